The van der Waals surface area contributed by atoms with Gasteiger partial charge in [0.1, 0.15) is 18.2 Å². The smallest absolute Gasteiger partial charge is 0.158 e. The Morgan fingerprint density at radius 1 is 1.33 bits per heavy atom. The molecule has 0 atom stereocenters. The molecule has 0 aliphatic heterocycles. The Labute approximate surface area is 115 Å². The Morgan fingerprint density at radius 3 is 2.44 bits per heavy atom. The molecule has 1 rings (SSSR count). The molecule has 6 heteroatoms. The van der Waals surface area contributed by atoms with Gasteiger partial charge in [-0.1, -0.05) is 0 Å². The number of rotatable bonds is 4. The van der Waals surface area contributed by atoms with Gasteiger partial charge in [-0.15, -0.1) is 0 Å². The summed E-state index contributed by atoms with van der Waals surface area (Å²) in [6.45, 7) is 4.94. The van der Waals surface area contributed by atoms with Crippen LogP contribution < -0.4 is 4.74 Å². The second kappa shape index (κ2) is 5.57. The molecule has 3 nitrogen and oxygen atoms in total. The van der Waals surface area contributed by atoms with Gasteiger partial charge in [0.25, 0.3) is 0 Å². The molecule has 0 radical (unpaired) electrons. The molecule has 1 aromatic carbocycles. The predicted octanol–water partition coefficient (Wildman–Crippen LogP) is 3.18. The molecule has 0 spiro atoms. The number of hydrogen-bond donors (Lipinski definition) is 0. The van der Waals surface area contributed by atoms with Gasteiger partial charge in [0.05, 0.1) is 15.0 Å². The lowest BCUT2D eigenvalue weighted by Crippen LogP contribution is -2.32. The van der Waals surface area contributed by atoms with E-state index in [1.54, 1.807) is 26.8 Å². The van der Waals surface area contributed by atoms with Crippen LogP contribution in [0.5, 0.6) is 5.75 Å². The van der Waals surface area contributed by atoms with E-state index >= 15 is 0 Å². The highest BCUT2D eigenvalue weighted by atomic mass is 79.9. The molecule has 0 fully saturated rings. The summed E-state index contributed by atoms with van der Waals surface area (Å²) in [5.41, 5.74) is 0. The standard InChI is InChI=1S/C12H16BrFO3S/c1-12(2,3)18(15,16)7-6-17-9-4-5-10(13)11(14)8-9/h4-5,8H,6-7H2,1-3H3. The van der Waals surface area contributed by atoms with Crippen LogP contribution in [0.25, 0.3) is 0 Å². The summed E-state index contributed by atoms with van der Waals surface area (Å²) in [4.78, 5) is 0. The number of sulfone groups is 1. The fourth-order valence-corrected chi connectivity index (χ4v) is 2.30. The first-order valence-electron chi connectivity index (χ1n) is 5.43. The van der Waals surface area contributed by atoms with Crippen LogP contribution in [0.4, 0.5) is 4.39 Å². The van der Waals surface area contributed by atoms with Crippen LogP contribution in [-0.4, -0.2) is 25.5 Å². The summed E-state index contributed by atoms with van der Waals surface area (Å²) in [5, 5.41) is 0. The van der Waals surface area contributed by atoms with Crippen LogP contribution in [-0.2, 0) is 9.84 Å². The van der Waals surface area contributed by atoms with Crippen molar-refractivity contribution in [2.45, 2.75) is 25.5 Å². The second-order valence-corrected chi connectivity index (χ2v) is 8.57. The van der Waals surface area contributed by atoms with Gasteiger partial charge in [0, 0.05) is 6.07 Å². The molecular formula is C12H16BrFO3S. The van der Waals surface area contributed by atoms with Crippen molar-refractivity contribution < 1.29 is 17.5 Å². The van der Waals surface area contributed by atoms with Gasteiger partial charge in [-0.2, -0.15) is 0 Å². The maximum absolute atomic E-state index is 13.2. The highest BCUT2D eigenvalue weighted by Gasteiger charge is 2.28. The summed E-state index contributed by atoms with van der Waals surface area (Å²) in [7, 11) is -3.21. The van der Waals surface area contributed by atoms with Gasteiger partial charge in [-0.25, -0.2) is 12.8 Å². The Balaban J connectivity index is 2.60. The van der Waals surface area contributed by atoms with Gasteiger partial charge in [-0.3, -0.25) is 0 Å². The quantitative estimate of drug-likeness (QED) is 0.846. The molecule has 0 N–H and O–H groups in total. The van der Waals surface area contributed by atoms with E-state index in [1.165, 1.54) is 12.1 Å². The average Bonchev–Trinajstić information content (AvgIpc) is 2.21. The number of ether oxygens (including phenoxy) is 1. The third-order valence-corrected chi connectivity index (χ3v) is 5.66. The van der Waals surface area contributed by atoms with Crippen molar-refractivity contribution in [3.05, 3.63) is 28.5 Å². The third-order valence-electron chi connectivity index (χ3n) is 2.44. The van der Waals surface area contributed by atoms with E-state index in [1.807, 2.05) is 0 Å². The zero-order chi connectivity index (χ0) is 14.0. The van der Waals surface area contributed by atoms with Crippen LogP contribution in [0.1, 0.15) is 20.8 Å². The van der Waals surface area contributed by atoms with E-state index in [9.17, 15) is 12.8 Å². The van der Waals surface area contributed by atoms with Crippen molar-refractivity contribution in [2.75, 3.05) is 12.4 Å². The molecule has 0 heterocycles. The fourth-order valence-electron chi connectivity index (χ4n) is 1.14. The Hall–Kier alpha value is -0.620. The average molecular weight is 339 g/mol. The van der Waals surface area contributed by atoms with Crippen LogP contribution in [0.2, 0.25) is 0 Å². The highest BCUT2D eigenvalue weighted by Crippen LogP contribution is 2.21. The van der Waals surface area contributed by atoms with Crippen molar-refractivity contribution in [1.29, 1.82) is 0 Å². The zero-order valence-corrected chi connectivity index (χ0v) is 12.9. The molecule has 0 aliphatic rings. The summed E-state index contributed by atoms with van der Waals surface area (Å²) < 4.78 is 41.6. The molecule has 0 unspecified atom stereocenters. The first-order valence-corrected chi connectivity index (χ1v) is 7.88. The molecule has 0 aliphatic carbocycles. The minimum atomic E-state index is -3.21. The summed E-state index contributed by atoms with van der Waals surface area (Å²) in [6.07, 6.45) is 0. The summed E-state index contributed by atoms with van der Waals surface area (Å²) >= 11 is 3.03. The summed E-state index contributed by atoms with van der Waals surface area (Å²) in [6, 6.07) is 4.31. The van der Waals surface area contributed by atoms with Crippen LogP contribution in [0.15, 0.2) is 22.7 Å². The van der Waals surface area contributed by atoms with Gasteiger partial charge < -0.3 is 4.74 Å². The Morgan fingerprint density at radius 2 is 1.94 bits per heavy atom. The first-order chi connectivity index (χ1) is 8.13. The number of benzene rings is 1. The van der Waals surface area contributed by atoms with Crippen molar-refractivity contribution in [2.24, 2.45) is 0 Å². The van der Waals surface area contributed by atoms with E-state index in [0.29, 0.717) is 10.2 Å². The zero-order valence-electron chi connectivity index (χ0n) is 10.5. The normalized spacial score (nSPS) is 12.5. The fraction of sp³-hybridized carbons (Fsp3) is 0.500. The van der Waals surface area contributed by atoms with E-state index in [2.05, 4.69) is 15.9 Å². The minimum Gasteiger partial charge on any atom is -0.492 e. The third kappa shape index (κ3) is 3.95. The molecule has 0 saturated carbocycles. The van der Waals surface area contributed by atoms with Crippen molar-refractivity contribution in [1.82, 2.24) is 0 Å². The van der Waals surface area contributed by atoms with E-state index in [0.717, 1.165) is 0 Å². The van der Waals surface area contributed by atoms with Crippen molar-refractivity contribution in [3.8, 4) is 5.75 Å². The first kappa shape index (κ1) is 15.4. The molecule has 0 amide bonds. The molecule has 0 aromatic heterocycles. The van der Waals surface area contributed by atoms with Crippen molar-refractivity contribution >= 4 is 25.8 Å². The Bertz CT molecular complexity index is 521. The molecule has 1 aromatic rings. The van der Waals surface area contributed by atoms with Crippen LogP contribution >= 0.6 is 15.9 Å². The maximum atomic E-state index is 13.2. The monoisotopic (exact) mass is 338 g/mol. The minimum absolute atomic E-state index is 0.0146. The largest absolute Gasteiger partial charge is 0.492 e. The van der Waals surface area contributed by atoms with Crippen LogP contribution in [0.3, 0.4) is 0 Å². The van der Waals surface area contributed by atoms with E-state index in [4.69, 9.17) is 4.74 Å². The molecule has 102 valence electrons. The van der Waals surface area contributed by atoms with E-state index in [-0.39, 0.29) is 12.4 Å². The topological polar surface area (TPSA) is 43.4 Å². The van der Waals surface area contributed by atoms with Gasteiger partial charge in [-0.05, 0) is 48.8 Å². The molecule has 0 bridgehead atoms. The second-order valence-electron chi connectivity index (χ2n) is 4.86. The lowest BCUT2D eigenvalue weighted by Gasteiger charge is -2.19. The lowest BCUT2D eigenvalue weighted by atomic mass is 10.3. The van der Waals surface area contributed by atoms with Gasteiger partial charge >= 0.3 is 0 Å². The predicted molar refractivity (Wildman–Crippen MR) is 73.1 cm³/mol. The van der Waals surface area contributed by atoms with Gasteiger partial charge in [0.15, 0.2) is 9.84 Å². The SMILES string of the molecule is CC(C)(C)S(=O)(=O)CCOc1ccc(Br)c(F)c1. The van der Waals surface area contributed by atoms with Crippen LogP contribution in [0, 0.1) is 5.82 Å². The van der Waals surface area contributed by atoms with E-state index < -0.39 is 20.4 Å². The van der Waals surface area contributed by atoms with Gasteiger partial charge in [0.2, 0.25) is 0 Å². The molecule has 18 heavy (non-hydrogen) atoms. The summed E-state index contributed by atoms with van der Waals surface area (Å²) in [5.74, 6) is -0.209. The Kier molecular flexibility index (Phi) is 4.78. The molecular weight excluding hydrogens is 323 g/mol. The lowest BCUT2D eigenvalue weighted by molar-refractivity contribution is 0.337. The molecule has 0 saturated heterocycles. The highest BCUT2D eigenvalue weighted by molar-refractivity contribution is 9.10. The number of halogens is 2. The number of hydrogen-bond acceptors (Lipinski definition) is 3. The maximum Gasteiger partial charge on any atom is 0.158 e. The van der Waals surface area contributed by atoms with Crippen molar-refractivity contribution in [3.63, 3.8) is 0 Å².